The minimum Gasteiger partial charge on any atom is -0.339 e. The lowest BCUT2D eigenvalue weighted by molar-refractivity contribution is -0.384. The molecule has 1 N–H and O–H groups in total. The number of hydrogen-bond donors (Lipinski definition) is 1. The van der Waals surface area contributed by atoms with Crippen molar-refractivity contribution in [2.45, 2.75) is 44.6 Å². The molecule has 29 heavy (non-hydrogen) atoms. The number of carbonyl (C=O) groups excluding carboxylic acids is 2. The number of non-ortho nitro benzene ring substituents is 1. The fourth-order valence-electron chi connectivity index (χ4n) is 3.69. The molecule has 7 nitrogen and oxygen atoms in total. The maximum Gasteiger partial charge on any atom is 0.269 e. The van der Waals surface area contributed by atoms with Crippen molar-refractivity contribution < 1.29 is 14.5 Å². The topological polar surface area (TPSA) is 92.6 Å². The Morgan fingerprint density at radius 3 is 2.45 bits per heavy atom. The number of carbonyl (C=O) groups is 2. The number of nitrogens with zero attached hydrogens (tertiary/aromatic N) is 2. The Labute approximate surface area is 169 Å². The highest BCUT2D eigenvalue weighted by Gasteiger charge is 2.23. The first-order valence-corrected chi connectivity index (χ1v) is 9.84. The van der Waals surface area contributed by atoms with Crippen LogP contribution in [0.1, 0.15) is 48.0 Å². The van der Waals surface area contributed by atoms with Gasteiger partial charge in [0.1, 0.15) is 0 Å². The zero-order chi connectivity index (χ0) is 20.8. The molecule has 0 heterocycles. The van der Waals surface area contributed by atoms with E-state index in [2.05, 4.69) is 5.32 Å². The molecule has 3 rings (SSSR count). The van der Waals surface area contributed by atoms with Gasteiger partial charge in [-0.15, -0.1) is 0 Å². The van der Waals surface area contributed by atoms with E-state index in [1.165, 1.54) is 18.6 Å². The average Bonchev–Trinajstić information content (AvgIpc) is 2.73. The number of nitro benzene ring substituents is 1. The summed E-state index contributed by atoms with van der Waals surface area (Å²) in [5, 5.41) is 13.5. The second-order valence-electron chi connectivity index (χ2n) is 7.44. The summed E-state index contributed by atoms with van der Waals surface area (Å²) in [6, 6.07) is 13.1. The van der Waals surface area contributed by atoms with Crippen molar-refractivity contribution in [1.29, 1.82) is 0 Å². The van der Waals surface area contributed by atoms with Crippen LogP contribution in [-0.4, -0.2) is 34.7 Å². The fraction of sp³-hybridized carbons (Fsp3) is 0.364. The molecule has 7 heteroatoms. The van der Waals surface area contributed by atoms with E-state index in [1.807, 2.05) is 11.9 Å². The molecule has 152 valence electrons. The summed E-state index contributed by atoms with van der Waals surface area (Å²) < 4.78 is 0. The number of nitrogens with one attached hydrogen (secondary N) is 1. The van der Waals surface area contributed by atoms with Gasteiger partial charge >= 0.3 is 0 Å². The molecule has 1 aliphatic carbocycles. The van der Waals surface area contributed by atoms with Crippen LogP contribution < -0.4 is 5.32 Å². The molecule has 0 spiro atoms. The lowest BCUT2D eigenvalue weighted by Gasteiger charge is -2.31. The number of benzene rings is 2. The number of hydrogen-bond acceptors (Lipinski definition) is 4. The summed E-state index contributed by atoms with van der Waals surface area (Å²) in [5.74, 6) is -0.285. The van der Waals surface area contributed by atoms with Gasteiger partial charge in [-0.3, -0.25) is 19.7 Å². The molecule has 0 aliphatic heterocycles. The van der Waals surface area contributed by atoms with Crippen LogP contribution in [0.5, 0.6) is 0 Å². The first kappa shape index (κ1) is 20.5. The Morgan fingerprint density at radius 1 is 1.10 bits per heavy atom. The van der Waals surface area contributed by atoms with Gasteiger partial charge in [-0.1, -0.05) is 37.5 Å². The van der Waals surface area contributed by atoms with Crippen LogP contribution in [0.25, 0.3) is 0 Å². The molecule has 0 atom stereocenters. The first-order chi connectivity index (χ1) is 13.9. The van der Waals surface area contributed by atoms with Gasteiger partial charge in [-0.25, -0.2) is 0 Å². The summed E-state index contributed by atoms with van der Waals surface area (Å²) in [6.45, 7) is 0. The molecule has 1 aliphatic rings. The molecule has 0 bridgehead atoms. The van der Waals surface area contributed by atoms with Gasteiger partial charge in [0.05, 0.1) is 11.3 Å². The van der Waals surface area contributed by atoms with Crippen molar-refractivity contribution >= 4 is 23.2 Å². The van der Waals surface area contributed by atoms with Crippen molar-refractivity contribution in [3.63, 3.8) is 0 Å². The normalized spacial score (nSPS) is 14.2. The van der Waals surface area contributed by atoms with Gasteiger partial charge in [0.2, 0.25) is 5.91 Å². The molecule has 0 unspecified atom stereocenters. The molecule has 1 fully saturated rings. The SMILES string of the molecule is CN(C(=O)c1cccc(NC(=O)Cc2ccc([N+](=O)[O-])cc2)c1)C1CCCCC1. The van der Waals surface area contributed by atoms with Gasteiger partial charge in [-0.05, 0) is 36.6 Å². The molecule has 1 saturated carbocycles. The molecular formula is C22H25N3O4. The van der Waals surface area contributed by atoms with Crippen LogP contribution >= 0.6 is 0 Å². The van der Waals surface area contributed by atoms with E-state index in [-0.39, 0.29) is 30.0 Å². The van der Waals surface area contributed by atoms with Crippen LogP contribution in [0.15, 0.2) is 48.5 Å². The Balaban J connectivity index is 1.62. The van der Waals surface area contributed by atoms with Gasteiger partial charge in [0.15, 0.2) is 0 Å². The summed E-state index contributed by atoms with van der Waals surface area (Å²) in [5.41, 5.74) is 1.77. The molecule has 2 aromatic rings. The van der Waals surface area contributed by atoms with Crippen molar-refractivity contribution in [2.75, 3.05) is 12.4 Å². The summed E-state index contributed by atoms with van der Waals surface area (Å²) in [4.78, 5) is 37.2. The second-order valence-corrected chi connectivity index (χ2v) is 7.44. The Bertz CT molecular complexity index is 889. The zero-order valence-corrected chi connectivity index (χ0v) is 16.5. The number of amides is 2. The third-order valence-corrected chi connectivity index (χ3v) is 5.35. The van der Waals surface area contributed by atoms with Crippen molar-refractivity contribution in [3.8, 4) is 0 Å². The van der Waals surface area contributed by atoms with Gasteiger partial charge in [0.25, 0.3) is 11.6 Å². The number of rotatable bonds is 6. The third-order valence-electron chi connectivity index (χ3n) is 5.35. The Hall–Kier alpha value is -3.22. The third kappa shape index (κ3) is 5.40. The highest BCUT2D eigenvalue weighted by atomic mass is 16.6. The van der Waals surface area contributed by atoms with E-state index >= 15 is 0 Å². The number of anilines is 1. The predicted molar refractivity (Wildman–Crippen MR) is 111 cm³/mol. The van der Waals surface area contributed by atoms with Crippen LogP contribution in [0.4, 0.5) is 11.4 Å². The lowest BCUT2D eigenvalue weighted by atomic mass is 9.94. The molecule has 0 saturated heterocycles. The molecule has 0 aromatic heterocycles. The van der Waals surface area contributed by atoms with Gasteiger partial charge in [0, 0.05) is 36.5 Å². The van der Waals surface area contributed by atoms with Crippen molar-refractivity contribution in [1.82, 2.24) is 4.90 Å². The minimum absolute atomic E-state index is 0.0116. The molecular weight excluding hydrogens is 370 g/mol. The summed E-state index contributed by atoms with van der Waals surface area (Å²) in [7, 11) is 1.85. The van der Waals surface area contributed by atoms with Crippen LogP contribution in [0, 0.1) is 10.1 Å². The quantitative estimate of drug-likeness (QED) is 0.586. The molecule has 2 amide bonds. The van der Waals surface area contributed by atoms with E-state index in [4.69, 9.17) is 0 Å². The second kappa shape index (κ2) is 9.32. The van der Waals surface area contributed by atoms with Crippen LogP contribution in [0.2, 0.25) is 0 Å². The summed E-state index contributed by atoms with van der Waals surface area (Å²) >= 11 is 0. The first-order valence-electron chi connectivity index (χ1n) is 9.84. The zero-order valence-electron chi connectivity index (χ0n) is 16.5. The highest BCUT2D eigenvalue weighted by molar-refractivity contribution is 5.97. The molecule has 2 aromatic carbocycles. The Kier molecular flexibility index (Phi) is 6.59. The average molecular weight is 395 g/mol. The minimum atomic E-state index is -0.475. The van der Waals surface area contributed by atoms with E-state index in [1.54, 1.807) is 36.4 Å². The highest BCUT2D eigenvalue weighted by Crippen LogP contribution is 2.23. The maximum absolute atomic E-state index is 12.8. The van der Waals surface area contributed by atoms with Crippen LogP contribution in [-0.2, 0) is 11.2 Å². The standard InChI is InChI=1S/C22H25N3O4/c1-24(19-8-3-2-4-9-19)22(27)17-6-5-7-18(15-17)23-21(26)14-16-10-12-20(13-11-16)25(28)29/h5-7,10-13,15,19H,2-4,8-9,14H2,1H3,(H,23,26). The van der Waals surface area contributed by atoms with E-state index in [0.717, 1.165) is 25.7 Å². The van der Waals surface area contributed by atoms with E-state index in [9.17, 15) is 19.7 Å². The van der Waals surface area contributed by atoms with E-state index in [0.29, 0.717) is 16.8 Å². The van der Waals surface area contributed by atoms with Crippen molar-refractivity contribution in [3.05, 3.63) is 69.8 Å². The van der Waals surface area contributed by atoms with Crippen LogP contribution in [0.3, 0.4) is 0 Å². The fourth-order valence-corrected chi connectivity index (χ4v) is 3.69. The monoisotopic (exact) mass is 395 g/mol. The van der Waals surface area contributed by atoms with Crippen molar-refractivity contribution in [2.24, 2.45) is 0 Å². The molecule has 0 radical (unpaired) electrons. The lowest BCUT2D eigenvalue weighted by Crippen LogP contribution is -2.38. The van der Waals surface area contributed by atoms with Gasteiger partial charge in [-0.2, -0.15) is 0 Å². The largest absolute Gasteiger partial charge is 0.339 e. The van der Waals surface area contributed by atoms with Gasteiger partial charge < -0.3 is 10.2 Å². The maximum atomic E-state index is 12.8. The number of nitro groups is 1. The van der Waals surface area contributed by atoms with E-state index < -0.39 is 4.92 Å². The predicted octanol–water partition coefficient (Wildman–Crippen LogP) is 4.18. The smallest absolute Gasteiger partial charge is 0.269 e. The summed E-state index contributed by atoms with van der Waals surface area (Å²) in [6.07, 6.45) is 5.71. The Morgan fingerprint density at radius 2 is 1.79 bits per heavy atom.